The van der Waals surface area contributed by atoms with Crippen LogP contribution in [0.2, 0.25) is 0 Å². The highest BCUT2D eigenvalue weighted by atomic mass is 79.9. The molecular formula is C13H21BrN4O. The lowest BCUT2D eigenvalue weighted by Gasteiger charge is -2.33. The van der Waals surface area contributed by atoms with Crippen molar-refractivity contribution in [1.29, 1.82) is 0 Å². The van der Waals surface area contributed by atoms with Crippen LogP contribution in [0.4, 0.5) is 5.69 Å². The normalized spacial score (nSPS) is 11.7. The second-order valence-electron chi connectivity index (χ2n) is 5.21. The number of hydrogen-bond acceptors (Lipinski definition) is 4. The van der Waals surface area contributed by atoms with E-state index in [4.69, 9.17) is 0 Å². The van der Waals surface area contributed by atoms with Gasteiger partial charge in [-0.3, -0.25) is 4.79 Å². The fraction of sp³-hybridized carbons (Fsp3) is 0.538. The number of allylic oxidation sites excluding steroid dienone is 1. The maximum Gasteiger partial charge on any atom is 0.283 e. The summed E-state index contributed by atoms with van der Waals surface area (Å²) in [7, 11) is 4.05. The van der Waals surface area contributed by atoms with Crippen LogP contribution >= 0.6 is 15.9 Å². The average molecular weight is 329 g/mol. The van der Waals surface area contributed by atoms with E-state index in [1.54, 1.807) is 12.3 Å². The van der Waals surface area contributed by atoms with E-state index in [0.717, 1.165) is 0 Å². The van der Waals surface area contributed by atoms with Crippen molar-refractivity contribution in [2.45, 2.75) is 25.9 Å². The van der Waals surface area contributed by atoms with E-state index >= 15 is 0 Å². The minimum Gasteiger partial charge on any atom is -0.381 e. The summed E-state index contributed by atoms with van der Waals surface area (Å²) in [5.41, 5.74) is 0.530. The second-order valence-corrected chi connectivity index (χ2v) is 6.00. The van der Waals surface area contributed by atoms with E-state index < -0.39 is 0 Å². The van der Waals surface area contributed by atoms with E-state index in [-0.39, 0.29) is 11.1 Å². The van der Waals surface area contributed by atoms with Gasteiger partial charge in [0.2, 0.25) is 0 Å². The van der Waals surface area contributed by atoms with Crippen LogP contribution in [0.5, 0.6) is 0 Å². The van der Waals surface area contributed by atoms with Gasteiger partial charge in [0.15, 0.2) is 0 Å². The summed E-state index contributed by atoms with van der Waals surface area (Å²) in [6.45, 7) is 8.97. The van der Waals surface area contributed by atoms with Gasteiger partial charge in [0.1, 0.15) is 4.47 Å². The zero-order valence-corrected chi connectivity index (χ0v) is 13.5. The Labute approximate surface area is 122 Å². The second kappa shape index (κ2) is 6.34. The van der Waals surface area contributed by atoms with Crippen molar-refractivity contribution in [2.24, 2.45) is 0 Å². The molecule has 0 amide bonds. The minimum atomic E-state index is -0.160. The van der Waals surface area contributed by atoms with Crippen LogP contribution in [-0.2, 0) is 6.54 Å². The lowest BCUT2D eigenvalue weighted by atomic mass is 10.0. The molecule has 0 bridgehead atoms. The van der Waals surface area contributed by atoms with Crippen LogP contribution in [0.1, 0.15) is 13.8 Å². The van der Waals surface area contributed by atoms with Gasteiger partial charge in [-0.05, 0) is 43.9 Å². The number of nitrogens with zero attached hydrogens (tertiary/aromatic N) is 3. The minimum absolute atomic E-state index is 0.0184. The third kappa shape index (κ3) is 3.91. The summed E-state index contributed by atoms with van der Waals surface area (Å²) in [4.78, 5) is 14.1. The van der Waals surface area contributed by atoms with Crippen molar-refractivity contribution in [3.05, 3.63) is 33.7 Å². The van der Waals surface area contributed by atoms with Crippen LogP contribution in [0, 0.1) is 0 Å². The van der Waals surface area contributed by atoms with Crippen molar-refractivity contribution in [1.82, 2.24) is 14.7 Å². The van der Waals surface area contributed by atoms with Crippen LogP contribution in [0.25, 0.3) is 0 Å². The number of halogens is 1. The molecule has 5 nitrogen and oxygen atoms in total. The zero-order chi connectivity index (χ0) is 14.6. The van der Waals surface area contributed by atoms with Gasteiger partial charge >= 0.3 is 0 Å². The molecular weight excluding hydrogens is 308 g/mol. The first-order valence-electron chi connectivity index (χ1n) is 6.07. The highest BCUT2D eigenvalue weighted by molar-refractivity contribution is 9.10. The Kier molecular flexibility index (Phi) is 5.31. The molecule has 1 aromatic heterocycles. The molecule has 1 rings (SSSR count). The molecule has 1 heterocycles. The Morgan fingerprint density at radius 2 is 2.21 bits per heavy atom. The SMILES string of the molecule is C=CCn1ncc(NCC(C)(C)N(C)C)c(Br)c1=O. The molecule has 19 heavy (non-hydrogen) atoms. The first-order chi connectivity index (χ1) is 8.79. The van der Waals surface area contributed by atoms with Crippen LogP contribution in [0.15, 0.2) is 28.1 Å². The molecule has 0 aliphatic rings. The smallest absolute Gasteiger partial charge is 0.283 e. The summed E-state index contributed by atoms with van der Waals surface area (Å²) in [6, 6.07) is 0. The summed E-state index contributed by atoms with van der Waals surface area (Å²) < 4.78 is 1.86. The summed E-state index contributed by atoms with van der Waals surface area (Å²) in [6.07, 6.45) is 3.30. The lowest BCUT2D eigenvalue weighted by Crippen LogP contribution is -2.44. The van der Waals surface area contributed by atoms with Crippen LogP contribution in [0.3, 0.4) is 0 Å². The van der Waals surface area contributed by atoms with Gasteiger partial charge < -0.3 is 10.2 Å². The number of nitrogens with one attached hydrogen (secondary N) is 1. The number of anilines is 1. The standard InChI is InChI=1S/C13H21BrN4O/c1-6-7-18-12(19)11(14)10(8-16-18)15-9-13(2,3)17(4)5/h6,8,15H,1,7,9H2,2-5H3. The third-order valence-corrected chi connectivity index (χ3v) is 3.98. The van der Waals surface area contributed by atoms with Crippen LogP contribution in [-0.4, -0.2) is 40.9 Å². The predicted octanol–water partition coefficient (Wildman–Crippen LogP) is 1.94. The molecule has 0 aromatic carbocycles. The predicted molar refractivity (Wildman–Crippen MR) is 82.6 cm³/mol. The van der Waals surface area contributed by atoms with Crippen molar-refractivity contribution in [3.8, 4) is 0 Å². The molecule has 0 aliphatic heterocycles. The molecule has 0 saturated heterocycles. The summed E-state index contributed by atoms with van der Waals surface area (Å²) in [5, 5.41) is 7.36. The largest absolute Gasteiger partial charge is 0.381 e. The van der Waals surface area contributed by atoms with Crippen molar-refractivity contribution >= 4 is 21.6 Å². The lowest BCUT2D eigenvalue weighted by molar-refractivity contribution is 0.210. The molecule has 0 radical (unpaired) electrons. The van der Waals surface area contributed by atoms with Crippen LogP contribution < -0.4 is 10.9 Å². The molecule has 0 fully saturated rings. The highest BCUT2D eigenvalue weighted by Crippen LogP contribution is 2.18. The Hall–Kier alpha value is -1.14. The zero-order valence-electron chi connectivity index (χ0n) is 11.9. The maximum atomic E-state index is 12.0. The number of hydrogen-bond donors (Lipinski definition) is 1. The summed E-state index contributed by atoms with van der Waals surface area (Å²) >= 11 is 3.32. The molecule has 106 valence electrons. The van der Waals surface area contributed by atoms with Gasteiger partial charge in [0, 0.05) is 12.1 Å². The maximum absolute atomic E-state index is 12.0. The molecule has 0 unspecified atom stereocenters. The first-order valence-corrected chi connectivity index (χ1v) is 6.86. The molecule has 0 spiro atoms. The monoisotopic (exact) mass is 328 g/mol. The Morgan fingerprint density at radius 3 is 2.74 bits per heavy atom. The van der Waals surface area contributed by atoms with Gasteiger partial charge in [-0.2, -0.15) is 5.10 Å². The number of rotatable bonds is 6. The fourth-order valence-corrected chi connectivity index (χ4v) is 1.76. The van der Waals surface area contributed by atoms with Gasteiger partial charge in [-0.1, -0.05) is 6.08 Å². The highest BCUT2D eigenvalue weighted by Gasteiger charge is 2.20. The Balaban J connectivity index is 2.90. The number of aromatic nitrogens is 2. The fourth-order valence-electron chi connectivity index (χ4n) is 1.31. The Morgan fingerprint density at radius 1 is 1.58 bits per heavy atom. The first kappa shape index (κ1) is 15.9. The van der Waals surface area contributed by atoms with Gasteiger partial charge in [0.05, 0.1) is 18.4 Å². The van der Waals surface area contributed by atoms with E-state index in [0.29, 0.717) is 23.2 Å². The van der Waals surface area contributed by atoms with E-state index in [1.807, 2.05) is 14.1 Å². The molecule has 1 aromatic rings. The van der Waals surface area contributed by atoms with Crippen molar-refractivity contribution < 1.29 is 0 Å². The summed E-state index contributed by atoms with van der Waals surface area (Å²) in [5.74, 6) is 0. The van der Waals surface area contributed by atoms with E-state index in [1.165, 1.54) is 4.68 Å². The molecule has 1 N–H and O–H groups in total. The third-order valence-electron chi connectivity index (χ3n) is 3.21. The number of likely N-dealkylation sites (N-methyl/N-ethyl adjacent to an activating group) is 1. The quantitative estimate of drug-likeness (QED) is 0.811. The van der Waals surface area contributed by atoms with Gasteiger partial charge in [0.25, 0.3) is 5.56 Å². The van der Waals surface area contributed by atoms with Gasteiger partial charge in [-0.25, -0.2) is 4.68 Å². The van der Waals surface area contributed by atoms with Crippen molar-refractivity contribution in [2.75, 3.05) is 26.0 Å². The van der Waals surface area contributed by atoms with E-state index in [2.05, 4.69) is 51.7 Å². The van der Waals surface area contributed by atoms with E-state index in [9.17, 15) is 4.79 Å². The van der Waals surface area contributed by atoms with Crippen molar-refractivity contribution in [3.63, 3.8) is 0 Å². The molecule has 6 heteroatoms. The Bertz CT molecular complexity index is 508. The average Bonchev–Trinajstić information content (AvgIpc) is 2.34. The topological polar surface area (TPSA) is 50.2 Å². The molecule has 0 saturated carbocycles. The molecule has 0 atom stereocenters. The van der Waals surface area contributed by atoms with Gasteiger partial charge in [-0.15, -0.1) is 6.58 Å². The molecule has 0 aliphatic carbocycles.